The first kappa shape index (κ1) is 13.3. The molecule has 17 heavy (non-hydrogen) atoms. The Morgan fingerprint density at radius 3 is 2.47 bits per heavy atom. The summed E-state index contributed by atoms with van der Waals surface area (Å²) in [6.45, 7) is 10.5. The van der Waals surface area contributed by atoms with Gasteiger partial charge in [0.1, 0.15) is 0 Å². The Morgan fingerprint density at radius 2 is 1.88 bits per heavy atom. The topological polar surface area (TPSA) is 24.5 Å². The molecule has 0 aromatic heterocycles. The Bertz CT molecular complexity index is 214. The second-order valence-electron chi connectivity index (χ2n) is 5.68. The summed E-state index contributed by atoms with van der Waals surface area (Å²) in [5.74, 6) is 0.886. The number of hydrogen-bond donors (Lipinski definition) is 1. The highest BCUT2D eigenvalue weighted by Gasteiger charge is 2.22. The van der Waals surface area contributed by atoms with Crippen molar-refractivity contribution >= 4 is 0 Å². The van der Waals surface area contributed by atoms with Crippen molar-refractivity contribution in [2.45, 2.75) is 51.7 Å². The Morgan fingerprint density at radius 1 is 1.12 bits per heavy atom. The van der Waals surface area contributed by atoms with Crippen LogP contribution in [0.1, 0.15) is 39.5 Å². The van der Waals surface area contributed by atoms with E-state index in [4.69, 9.17) is 4.74 Å². The molecule has 0 spiro atoms. The van der Waals surface area contributed by atoms with Gasteiger partial charge in [0.25, 0.3) is 0 Å². The fourth-order valence-corrected chi connectivity index (χ4v) is 2.99. The van der Waals surface area contributed by atoms with E-state index < -0.39 is 0 Å². The molecular weight excluding hydrogens is 212 g/mol. The monoisotopic (exact) mass is 240 g/mol. The van der Waals surface area contributed by atoms with Crippen molar-refractivity contribution in [2.24, 2.45) is 5.92 Å². The fraction of sp³-hybridized carbons (Fsp3) is 1.00. The van der Waals surface area contributed by atoms with E-state index in [-0.39, 0.29) is 0 Å². The number of ether oxygens (including phenoxy) is 1. The molecule has 1 N–H and O–H groups in total. The molecule has 100 valence electrons. The summed E-state index contributed by atoms with van der Waals surface area (Å²) in [5, 5.41) is 3.61. The van der Waals surface area contributed by atoms with Crippen molar-refractivity contribution < 1.29 is 4.74 Å². The van der Waals surface area contributed by atoms with Gasteiger partial charge in [0.05, 0.1) is 12.2 Å². The number of hydrogen-bond acceptors (Lipinski definition) is 3. The van der Waals surface area contributed by atoms with E-state index in [1.165, 1.54) is 51.9 Å². The maximum Gasteiger partial charge on any atom is 0.0704 e. The molecule has 0 amide bonds. The van der Waals surface area contributed by atoms with Crippen molar-refractivity contribution in [3.63, 3.8) is 0 Å². The third-order valence-electron chi connectivity index (χ3n) is 4.28. The van der Waals surface area contributed by atoms with E-state index in [0.717, 1.165) is 12.5 Å². The van der Waals surface area contributed by atoms with Crippen LogP contribution in [-0.4, -0.2) is 49.8 Å². The summed E-state index contributed by atoms with van der Waals surface area (Å²) in [5.41, 5.74) is 0. The average Bonchev–Trinajstić information content (AvgIpc) is 2.76. The van der Waals surface area contributed by atoms with Gasteiger partial charge in [0.15, 0.2) is 0 Å². The van der Waals surface area contributed by atoms with Gasteiger partial charge >= 0.3 is 0 Å². The first-order valence-corrected chi connectivity index (χ1v) is 7.36. The highest BCUT2D eigenvalue weighted by Crippen LogP contribution is 2.19. The van der Waals surface area contributed by atoms with Crippen LogP contribution in [-0.2, 0) is 4.74 Å². The number of nitrogens with zero attached hydrogens (tertiary/aromatic N) is 1. The molecule has 0 aromatic rings. The van der Waals surface area contributed by atoms with Gasteiger partial charge in [-0.1, -0.05) is 6.92 Å². The zero-order valence-electron chi connectivity index (χ0n) is 11.5. The minimum Gasteiger partial charge on any atom is -0.374 e. The molecule has 0 aromatic carbocycles. The number of rotatable bonds is 5. The quantitative estimate of drug-likeness (QED) is 0.794. The predicted octanol–water partition coefficient (Wildman–Crippen LogP) is 1.88. The molecule has 3 nitrogen and oxygen atoms in total. The zero-order valence-corrected chi connectivity index (χ0v) is 11.5. The Labute approximate surface area is 106 Å². The van der Waals surface area contributed by atoms with Gasteiger partial charge in [0.2, 0.25) is 0 Å². The van der Waals surface area contributed by atoms with Crippen molar-refractivity contribution in [2.75, 3.05) is 32.7 Å². The lowest BCUT2D eigenvalue weighted by molar-refractivity contribution is 0.0549. The molecule has 0 bridgehead atoms. The molecule has 0 radical (unpaired) electrons. The molecule has 0 saturated carbocycles. The largest absolute Gasteiger partial charge is 0.374 e. The molecule has 2 aliphatic heterocycles. The van der Waals surface area contributed by atoms with E-state index in [0.29, 0.717) is 12.2 Å². The van der Waals surface area contributed by atoms with Gasteiger partial charge in [-0.15, -0.1) is 0 Å². The third-order valence-corrected chi connectivity index (χ3v) is 4.28. The maximum absolute atomic E-state index is 5.81. The van der Waals surface area contributed by atoms with Gasteiger partial charge in [-0.05, 0) is 64.7 Å². The lowest BCUT2D eigenvalue weighted by Crippen LogP contribution is -2.38. The van der Waals surface area contributed by atoms with Gasteiger partial charge in [-0.25, -0.2) is 0 Å². The molecule has 0 aliphatic carbocycles. The van der Waals surface area contributed by atoms with Crippen molar-refractivity contribution in [3.8, 4) is 0 Å². The summed E-state index contributed by atoms with van der Waals surface area (Å²) >= 11 is 0. The van der Waals surface area contributed by atoms with E-state index in [9.17, 15) is 0 Å². The molecule has 2 rings (SSSR count). The smallest absolute Gasteiger partial charge is 0.0704 e. The molecule has 2 fully saturated rings. The SMILES string of the molecule is CCN1CCC(CNCC2CCC(C)O2)CC1. The summed E-state index contributed by atoms with van der Waals surface area (Å²) in [6, 6.07) is 0. The number of likely N-dealkylation sites (tertiary alicyclic amines) is 1. The second-order valence-corrected chi connectivity index (χ2v) is 5.68. The first-order valence-electron chi connectivity index (χ1n) is 7.36. The average molecular weight is 240 g/mol. The normalized spacial score (nSPS) is 32.1. The van der Waals surface area contributed by atoms with Crippen molar-refractivity contribution in [1.29, 1.82) is 0 Å². The second kappa shape index (κ2) is 6.72. The molecular formula is C14H28N2O. The van der Waals surface area contributed by atoms with Crippen LogP contribution in [0.25, 0.3) is 0 Å². The van der Waals surface area contributed by atoms with E-state index in [2.05, 4.69) is 24.1 Å². The van der Waals surface area contributed by atoms with Crippen LogP contribution in [0.3, 0.4) is 0 Å². The van der Waals surface area contributed by atoms with Crippen LogP contribution in [0, 0.1) is 5.92 Å². The molecule has 2 heterocycles. The van der Waals surface area contributed by atoms with Crippen LogP contribution in [0.5, 0.6) is 0 Å². The molecule has 2 atom stereocenters. The summed E-state index contributed by atoms with van der Waals surface area (Å²) in [6.07, 6.45) is 6.16. The van der Waals surface area contributed by atoms with Crippen LogP contribution >= 0.6 is 0 Å². The maximum atomic E-state index is 5.81. The van der Waals surface area contributed by atoms with Gasteiger partial charge in [-0.3, -0.25) is 0 Å². The van der Waals surface area contributed by atoms with Crippen LogP contribution < -0.4 is 5.32 Å². The Kier molecular flexibility index (Phi) is 5.26. The highest BCUT2D eigenvalue weighted by molar-refractivity contribution is 4.76. The molecule has 2 unspecified atom stereocenters. The molecule has 3 heteroatoms. The van der Waals surface area contributed by atoms with Gasteiger partial charge in [-0.2, -0.15) is 0 Å². The van der Waals surface area contributed by atoms with Crippen LogP contribution in [0.2, 0.25) is 0 Å². The minimum absolute atomic E-state index is 0.473. The van der Waals surface area contributed by atoms with Crippen molar-refractivity contribution in [3.05, 3.63) is 0 Å². The minimum atomic E-state index is 0.473. The Hall–Kier alpha value is -0.120. The van der Waals surface area contributed by atoms with E-state index in [1.54, 1.807) is 0 Å². The highest BCUT2D eigenvalue weighted by atomic mass is 16.5. The Balaban J connectivity index is 1.54. The van der Waals surface area contributed by atoms with Gasteiger partial charge < -0.3 is 15.0 Å². The standard InChI is InChI=1S/C14H28N2O/c1-3-16-8-6-13(7-9-16)10-15-11-14-5-4-12(2)17-14/h12-15H,3-11H2,1-2H3. The fourth-order valence-electron chi connectivity index (χ4n) is 2.99. The lowest BCUT2D eigenvalue weighted by Gasteiger charge is -2.31. The zero-order chi connectivity index (χ0) is 12.1. The predicted molar refractivity (Wildman–Crippen MR) is 71.3 cm³/mol. The molecule has 2 saturated heterocycles. The summed E-state index contributed by atoms with van der Waals surface area (Å²) in [4.78, 5) is 2.55. The lowest BCUT2D eigenvalue weighted by atomic mass is 9.97. The number of piperidine rings is 1. The number of nitrogens with one attached hydrogen (secondary N) is 1. The third kappa shape index (κ3) is 4.23. The van der Waals surface area contributed by atoms with Gasteiger partial charge in [0, 0.05) is 6.54 Å². The van der Waals surface area contributed by atoms with E-state index >= 15 is 0 Å². The molecule has 2 aliphatic rings. The van der Waals surface area contributed by atoms with Crippen LogP contribution in [0.4, 0.5) is 0 Å². The summed E-state index contributed by atoms with van der Waals surface area (Å²) < 4.78 is 5.81. The van der Waals surface area contributed by atoms with E-state index in [1.807, 2.05) is 0 Å². The summed E-state index contributed by atoms with van der Waals surface area (Å²) in [7, 11) is 0. The van der Waals surface area contributed by atoms with Crippen LogP contribution in [0.15, 0.2) is 0 Å². The van der Waals surface area contributed by atoms with Crippen molar-refractivity contribution in [1.82, 2.24) is 10.2 Å². The first-order chi connectivity index (χ1) is 8.28.